The summed E-state index contributed by atoms with van der Waals surface area (Å²) in [6.07, 6.45) is 8.59. The number of amides is 1. The van der Waals surface area contributed by atoms with Gasteiger partial charge in [-0.3, -0.25) is 9.52 Å². The van der Waals surface area contributed by atoms with Gasteiger partial charge in [0.2, 0.25) is 15.9 Å². The fourth-order valence-corrected chi connectivity index (χ4v) is 3.80. The van der Waals surface area contributed by atoms with Gasteiger partial charge in [0.15, 0.2) is 0 Å². The largest absolute Gasteiger partial charge is 0.377 e. The zero-order chi connectivity index (χ0) is 13.7. The minimum Gasteiger partial charge on any atom is -0.377 e. The maximum absolute atomic E-state index is 11.9. The van der Waals surface area contributed by atoms with Crippen LogP contribution in [-0.4, -0.2) is 32.8 Å². The Labute approximate surface area is 114 Å². The topological polar surface area (TPSA) is 72.5 Å². The summed E-state index contributed by atoms with van der Waals surface area (Å²) in [4.78, 5) is 11.9. The first-order valence-corrected chi connectivity index (χ1v) is 8.53. The number of sulfonamides is 1. The van der Waals surface area contributed by atoms with Crippen molar-refractivity contribution >= 4 is 15.9 Å². The number of nitrogens with one attached hydrogen (secondary N) is 1. The lowest BCUT2D eigenvalue weighted by molar-refractivity contribution is -0.123. The first-order valence-electron chi connectivity index (χ1n) is 6.88. The quantitative estimate of drug-likeness (QED) is 0.792. The minimum atomic E-state index is -3.58. The summed E-state index contributed by atoms with van der Waals surface area (Å²) < 4.78 is 31.4. The average Bonchev–Trinajstić information content (AvgIpc) is 2.39. The highest BCUT2D eigenvalue weighted by Crippen LogP contribution is 2.19. The molecule has 0 saturated carbocycles. The monoisotopic (exact) mass is 287 g/mol. The lowest BCUT2D eigenvalue weighted by Crippen LogP contribution is -2.41. The maximum atomic E-state index is 11.9. The van der Waals surface area contributed by atoms with Gasteiger partial charge in [0.25, 0.3) is 0 Å². The Morgan fingerprint density at radius 3 is 2.74 bits per heavy atom. The number of carbonyl (C=O) groups excluding carboxylic acids is 1. The van der Waals surface area contributed by atoms with E-state index in [9.17, 15) is 13.2 Å². The Morgan fingerprint density at radius 2 is 2.11 bits per heavy atom. The van der Waals surface area contributed by atoms with Gasteiger partial charge in [-0.15, -0.1) is 0 Å². The summed E-state index contributed by atoms with van der Waals surface area (Å²) in [7, 11) is -3.58. The zero-order valence-electron chi connectivity index (χ0n) is 11.0. The van der Waals surface area contributed by atoms with Crippen molar-refractivity contribution in [3.05, 3.63) is 12.2 Å². The molecule has 2 aliphatic rings. The van der Waals surface area contributed by atoms with Crippen LogP contribution in [0.1, 0.15) is 38.5 Å². The van der Waals surface area contributed by atoms with Crippen LogP contribution < -0.4 is 4.72 Å². The summed E-state index contributed by atoms with van der Waals surface area (Å²) >= 11 is 0. The van der Waals surface area contributed by atoms with Crippen LogP contribution in [0.15, 0.2) is 12.2 Å². The molecule has 1 saturated heterocycles. The van der Waals surface area contributed by atoms with Crippen molar-refractivity contribution in [3.63, 3.8) is 0 Å². The normalized spacial score (nSPS) is 28.0. The molecular formula is C13H21NO4S. The first kappa shape index (κ1) is 14.5. The van der Waals surface area contributed by atoms with Gasteiger partial charge in [-0.2, -0.15) is 0 Å². The van der Waals surface area contributed by atoms with E-state index in [1.807, 2.05) is 12.2 Å². The molecule has 0 aromatic carbocycles. The highest BCUT2D eigenvalue weighted by atomic mass is 32.2. The highest BCUT2D eigenvalue weighted by Gasteiger charge is 2.27. The van der Waals surface area contributed by atoms with Crippen LogP contribution in [-0.2, 0) is 19.6 Å². The molecule has 1 fully saturated rings. The third kappa shape index (κ3) is 4.62. The molecule has 1 amide bonds. The van der Waals surface area contributed by atoms with Gasteiger partial charge in [-0.1, -0.05) is 12.2 Å². The molecule has 2 atom stereocenters. The number of carbonyl (C=O) groups is 1. The summed E-state index contributed by atoms with van der Waals surface area (Å²) in [5, 5.41) is 0. The predicted octanol–water partition coefficient (Wildman–Crippen LogP) is 1.36. The molecule has 108 valence electrons. The van der Waals surface area contributed by atoms with Crippen LogP contribution in [0.25, 0.3) is 0 Å². The standard InChI is InChI=1S/C13H21NO4S/c15-13(11-6-2-1-3-7-11)14-19(16,17)10-12-8-4-5-9-18-12/h1-2,11-12H,3-10H2,(H,14,15)/t11-,12-/m1/s1. The van der Waals surface area contributed by atoms with E-state index in [-0.39, 0.29) is 23.7 Å². The molecule has 0 aromatic rings. The SMILES string of the molecule is O=C(NS(=O)(=O)C[C@H]1CCCCO1)[C@@H]1CC=CCC1. The van der Waals surface area contributed by atoms with E-state index in [2.05, 4.69) is 4.72 Å². The Hall–Kier alpha value is -0.880. The van der Waals surface area contributed by atoms with Crippen LogP contribution >= 0.6 is 0 Å². The summed E-state index contributed by atoms with van der Waals surface area (Å²) in [6.45, 7) is 0.613. The number of hydrogen-bond donors (Lipinski definition) is 1. The maximum Gasteiger partial charge on any atom is 0.237 e. The Kier molecular flexibility index (Phi) is 4.99. The Balaban J connectivity index is 1.85. The van der Waals surface area contributed by atoms with Gasteiger partial charge in [-0.05, 0) is 38.5 Å². The van der Waals surface area contributed by atoms with Gasteiger partial charge in [0.05, 0.1) is 11.9 Å². The molecule has 5 nitrogen and oxygen atoms in total. The van der Waals surface area contributed by atoms with Crippen molar-refractivity contribution < 1.29 is 17.9 Å². The number of ether oxygens (including phenoxy) is 1. The lowest BCUT2D eigenvalue weighted by Gasteiger charge is -2.23. The van der Waals surface area contributed by atoms with Crippen molar-refractivity contribution in [1.82, 2.24) is 4.72 Å². The summed E-state index contributed by atoms with van der Waals surface area (Å²) in [6, 6.07) is 0. The fourth-order valence-electron chi connectivity index (χ4n) is 2.49. The van der Waals surface area contributed by atoms with Crippen molar-refractivity contribution in [2.75, 3.05) is 12.4 Å². The van der Waals surface area contributed by atoms with Crippen LogP contribution in [0, 0.1) is 5.92 Å². The van der Waals surface area contributed by atoms with E-state index < -0.39 is 10.0 Å². The molecule has 0 unspecified atom stereocenters. The van der Waals surface area contributed by atoms with Gasteiger partial charge in [-0.25, -0.2) is 8.42 Å². The Morgan fingerprint density at radius 1 is 1.26 bits per heavy atom. The number of allylic oxidation sites excluding steroid dienone is 2. The van der Waals surface area contributed by atoms with Crippen LogP contribution in [0.3, 0.4) is 0 Å². The van der Waals surface area contributed by atoms with Gasteiger partial charge in [0, 0.05) is 12.5 Å². The van der Waals surface area contributed by atoms with Crippen molar-refractivity contribution in [2.45, 2.75) is 44.6 Å². The van der Waals surface area contributed by atoms with E-state index in [4.69, 9.17) is 4.74 Å². The second-order valence-corrected chi connectivity index (χ2v) is 6.98. The molecule has 0 radical (unpaired) electrons. The summed E-state index contributed by atoms with van der Waals surface area (Å²) in [5.41, 5.74) is 0. The third-order valence-electron chi connectivity index (χ3n) is 3.58. The molecule has 1 heterocycles. The van der Waals surface area contributed by atoms with Crippen molar-refractivity contribution in [2.24, 2.45) is 5.92 Å². The smallest absolute Gasteiger partial charge is 0.237 e. The molecular weight excluding hydrogens is 266 g/mol. The second-order valence-electron chi connectivity index (χ2n) is 5.22. The third-order valence-corrected chi connectivity index (χ3v) is 4.90. The molecule has 0 aromatic heterocycles. The molecule has 19 heavy (non-hydrogen) atoms. The second kappa shape index (κ2) is 6.52. The van der Waals surface area contributed by atoms with Gasteiger partial charge >= 0.3 is 0 Å². The van der Waals surface area contributed by atoms with E-state index in [0.717, 1.165) is 32.1 Å². The molecule has 0 bridgehead atoms. The minimum absolute atomic E-state index is 0.110. The molecule has 1 aliphatic heterocycles. The molecule has 2 rings (SSSR count). The predicted molar refractivity (Wildman–Crippen MR) is 72.0 cm³/mol. The molecule has 0 spiro atoms. The average molecular weight is 287 g/mol. The van der Waals surface area contributed by atoms with Gasteiger partial charge < -0.3 is 4.74 Å². The number of rotatable bonds is 4. The Bertz CT molecular complexity index is 438. The lowest BCUT2D eigenvalue weighted by atomic mass is 9.94. The molecule has 1 N–H and O–H groups in total. The molecule has 6 heteroatoms. The van der Waals surface area contributed by atoms with E-state index >= 15 is 0 Å². The highest BCUT2D eigenvalue weighted by molar-refractivity contribution is 7.90. The van der Waals surface area contributed by atoms with Crippen molar-refractivity contribution in [1.29, 1.82) is 0 Å². The van der Waals surface area contributed by atoms with E-state index in [1.54, 1.807) is 0 Å². The zero-order valence-corrected chi connectivity index (χ0v) is 11.8. The van der Waals surface area contributed by atoms with E-state index in [0.29, 0.717) is 13.0 Å². The summed E-state index contributed by atoms with van der Waals surface area (Å²) in [5.74, 6) is -0.700. The fraction of sp³-hybridized carbons (Fsp3) is 0.769. The van der Waals surface area contributed by atoms with Crippen molar-refractivity contribution in [3.8, 4) is 0 Å². The van der Waals surface area contributed by atoms with Gasteiger partial charge in [0.1, 0.15) is 0 Å². The van der Waals surface area contributed by atoms with E-state index in [1.165, 1.54) is 0 Å². The first-order chi connectivity index (χ1) is 9.07. The number of hydrogen-bond acceptors (Lipinski definition) is 4. The van der Waals surface area contributed by atoms with Crippen LogP contribution in [0.4, 0.5) is 0 Å². The van der Waals surface area contributed by atoms with Crippen LogP contribution in [0.2, 0.25) is 0 Å². The molecule has 1 aliphatic carbocycles. The van der Waals surface area contributed by atoms with Crippen LogP contribution in [0.5, 0.6) is 0 Å².